The lowest BCUT2D eigenvalue weighted by molar-refractivity contribution is 0.304. The first-order chi connectivity index (χ1) is 12.1. The topological polar surface area (TPSA) is 64.5 Å². The Morgan fingerprint density at radius 3 is 2.24 bits per heavy atom. The molecular formula is C18H14F2N2O3. The van der Waals surface area contributed by atoms with Crippen LogP contribution in [-0.2, 0) is 6.42 Å². The van der Waals surface area contributed by atoms with Crippen LogP contribution >= 0.6 is 0 Å². The Morgan fingerprint density at radius 1 is 0.880 bits per heavy atom. The quantitative estimate of drug-likeness (QED) is 0.688. The van der Waals surface area contributed by atoms with Gasteiger partial charge >= 0.3 is 0 Å². The first kappa shape index (κ1) is 16.6. The lowest BCUT2D eigenvalue weighted by atomic mass is 10.1. The maximum absolute atomic E-state index is 13.0. The second kappa shape index (κ2) is 7.57. The van der Waals surface area contributed by atoms with Crippen LogP contribution in [0.2, 0.25) is 0 Å². The predicted octanol–water partition coefficient (Wildman–Crippen LogP) is 3.87. The number of hydrogen-bond donors (Lipinski definition) is 1. The Bertz CT molecular complexity index is 874. The van der Waals surface area contributed by atoms with Gasteiger partial charge in [-0.25, -0.2) is 0 Å². The van der Waals surface area contributed by atoms with E-state index in [0.29, 0.717) is 6.42 Å². The molecule has 2 aromatic heterocycles. The molecule has 0 fully saturated rings. The van der Waals surface area contributed by atoms with Crippen LogP contribution in [0.15, 0.2) is 54.6 Å². The highest BCUT2D eigenvalue weighted by atomic mass is 19.1. The number of ether oxygens (including phenoxy) is 2. The molecule has 0 aliphatic carbocycles. The van der Waals surface area contributed by atoms with Gasteiger partial charge in [-0.15, -0.1) is 0 Å². The molecule has 1 N–H and O–H groups in total. The van der Waals surface area contributed by atoms with Gasteiger partial charge in [0, 0.05) is 18.6 Å². The van der Waals surface area contributed by atoms with Crippen molar-refractivity contribution in [2.75, 3.05) is 6.61 Å². The summed E-state index contributed by atoms with van der Waals surface area (Å²) in [6.45, 7) is 0.265. The minimum absolute atomic E-state index is 0.0450. The summed E-state index contributed by atoms with van der Waals surface area (Å²) in [5.74, 6) is -0.980. The molecule has 3 rings (SSSR count). The number of phenols is 1. The van der Waals surface area contributed by atoms with Crippen molar-refractivity contribution in [2.45, 2.75) is 6.42 Å². The fraction of sp³-hybridized carbons (Fsp3) is 0.111. The molecule has 0 atom stereocenters. The zero-order chi connectivity index (χ0) is 17.6. The number of hydrogen-bond acceptors (Lipinski definition) is 5. The normalized spacial score (nSPS) is 10.5. The molecule has 0 spiro atoms. The maximum atomic E-state index is 13.0. The molecule has 25 heavy (non-hydrogen) atoms. The molecule has 3 aromatic rings. The van der Waals surface area contributed by atoms with Crippen molar-refractivity contribution < 1.29 is 23.4 Å². The van der Waals surface area contributed by atoms with Gasteiger partial charge in [0.05, 0.1) is 6.61 Å². The van der Waals surface area contributed by atoms with Crippen molar-refractivity contribution in [3.8, 4) is 23.3 Å². The number of pyridine rings is 2. The summed E-state index contributed by atoms with van der Waals surface area (Å²) in [5, 5.41) is 10.0. The third kappa shape index (κ3) is 4.63. The Balaban J connectivity index is 1.59. The molecule has 0 saturated heterocycles. The smallest absolute Gasteiger partial charge is 0.222 e. The van der Waals surface area contributed by atoms with Crippen molar-refractivity contribution in [3.05, 3.63) is 72.1 Å². The molecule has 0 amide bonds. The average Bonchev–Trinajstić information content (AvgIpc) is 2.57. The summed E-state index contributed by atoms with van der Waals surface area (Å²) in [5.41, 5.74) is 0.786. The van der Waals surface area contributed by atoms with E-state index in [1.54, 1.807) is 18.2 Å². The van der Waals surface area contributed by atoms with E-state index >= 15 is 0 Å². The van der Waals surface area contributed by atoms with E-state index < -0.39 is 11.9 Å². The van der Waals surface area contributed by atoms with Crippen LogP contribution in [0.5, 0.6) is 23.3 Å². The number of aromatic hydroxyl groups is 1. The standard InChI is InChI=1S/C18H14F2N2O3/c19-15-3-1-5-17(21-15)24-10-9-12-7-8-14(13(23)11-12)25-18-6-2-4-16(20)22-18/h1-8,11,23H,9-10H2. The second-order valence-electron chi connectivity index (χ2n) is 5.10. The number of benzene rings is 1. The summed E-state index contributed by atoms with van der Waals surface area (Å²) in [6.07, 6.45) is 0.476. The second-order valence-corrected chi connectivity index (χ2v) is 5.10. The summed E-state index contributed by atoms with van der Waals surface area (Å²) in [7, 11) is 0. The number of halogens is 2. The maximum Gasteiger partial charge on any atom is 0.222 e. The molecule has 2 heterocycles. The Labute approximate surface area is 142 Å². The van der Waals surface area contributed by atoms with Gasteiger partial charge in [-0.2, -0.15) is 18.7 Å². The van der Waals surface area contributed by atoms with Crippen LogP contribution in [0.4, 0.5) is 8.78 Å². The molecule has 0 aliphatic rings. The van der Waals surface area contributed by atoms with E-state index in [-0.39, 0.29) is 29.9 Å². The van der Waals surface area contributed by atoms with Crippen LogP contribution in [0.1, 0.15) is 5.56 Å². The highest BCUT2D eigenvalue weighted by molar-refractivity contribution is 5.43. The predicted molar refractivity (Wildman–Crippen MR) is 85.8 cm³/mol. The number of phenolic OH excluding ortho intramolecular Hbond substituents is 1. The molecule has 0 unspecified atom stereocenters. The lowest BCUT2D eigenvalue weighted by Gasteiger charge is -2.09. The lowest BCUT2D eigenvalue weighted by Crippen LogP contribution is -2.03. The zero-order valence-corrected chi connectivity index (χ0v) is 13.0. The molecule has 0 bridgehead atoms. The molecule has 0 aliphatic heterocycles. The summed E-state index contributed by atoms with van der Waals surface area (Å²) in [6, 6.07) is 13.2. The van der Waals surface area contributed by atoms with Crippen molar-refractivity contribution in [1.29, 1.82) is 0 Å². The average molecular weight is 344 g/mol. The Morgan fingerprint density at radius 2 is 1.56 bits per heavy atom. The van der Waals surface area contributed by atoms with Crippen LogP contribution in [0.3, 0.4) is 0 Å². The van der Waals surface area contributed by atoms with Crippen molar-refractivity contribution in [1.82, 2.24) is 9.97 Å². The van der Waals surface area contributed by atoms with Crippen LogP contribution in [-0.4, -0.2) is 21.7 Å². The van der Waals surface area contributed by atoms with Gasteiger partial charge in [0.1, 0.15) is 0 Å². The van der Waals surface area contributed by atoms with Crippen molar-refractivity contribution in [3.63, 3.8) is 0 Å². The fourth-order valence-corrected chi connectivity index (χ4v) is 2.11. The number of rotatable bonds is 6. The Hall–Kier alpha value is -3.22. The SMILES string of the molecule is Oc1cc(CCOc2cccc(F)n2)ccc1Oc1cccc(F)n1. The number of nitrogens with zero attached hydrogens (tertiary/aromatic N) is 2. The van der Waals surface area contributed by atoms with E-state index in [0.717, 1.165) is 5.56 Å². The van der Waals surface area contributed by atoms with Crippen LogP contribution in [0.25, 0.3) is 0 Å². The van der Waals surface area contributed by atoms with Crippen molar-refractivity contribution >= 4 is 0 Å². The van der Waals surface area contributed by atoms with E-state index in [4.69, 9.17) is 9.47 Å². The van der Waals surface area contributed by atoms with E-state index in [1.165, 1.54) is 36.4 Å². The number of aromatic nitrogens is 2. The molecule has 5 nitrogen and oxygen atoms in total. The van der Waals surface area contributed by atoms with Gasteiger partial charge in [-0.1, -0.05) is 18.2 Å². The van der Waals surface area contributed by atoms with Crippen LogP contribution < -0.4 is 9.47 Å². The third-order valence-electron chi connectivity index (χ3n) is 3.26. The largest absolute Gasteiger partial charge is 0.504 e. The Kier molecular flexibility index (Phi) is 5.03. The summed E-state index contributed by atoms with van der Waals surface area (Å²) < 4.78 is 36.7. The molecule has 1 aromatic carbocycles. The van der Waals surface area contributed by atoms with Gasteiger partial charge in [-0.3, -0.25) is 0 Å². The minimum Gasteiger partial charge on any atom is -0.504 e. The van der Waals surface area contributed by atoms with E-state index in [1.807, 2.05) is 0 Å². The summed E-state index contributed by atoms with van der Waals surface area (Å²) >= 11 is 0. The van der Waals surface area contributed by atoms with Gasteiger partial charge in [-0.05, 0) is 29.8 Å². The molecule has 7 heteroatoms. The minimum atomic E-state index is -0.670. The molecule has 128 valence electrons. The molecule has 0 radical (unpaired) electrons. The van der Waals surface area contributed by atoms with Gasteiger partial charge in [0.15, 0.2) is 11.5 Å². The summed E-state index contributed by atoms with van der Waals surface area (Å²) in [4.78, 5) is 7.16. The first-order valence-electron chi connectivity index (χ1n) is 7.48. The van der Waals surface area contributed by atoms with Gasteiger partial charge < -0.3 is 14.6 Å². The first-order valence-corrected chi connectivity index (χ1v) is 7.48. The highest BCUT2D eigenvalue weighted by Gasteiger charge is 2.07. The van der Waals surface area contributed by atoms with Crippen molar-refractivity contribution in [2.24, 2.45) is 0 Å². The third-order valence-corrected chi connectivity index (χ3v) is 3.26. The molecule has 0 saturated carbocycles. The molecular weight excluding hydrogens is 330 g/mol. The highest BCUT2D eigenvalue weighted by Crippen LogP contribution is 2.30. The van der Waals surface area contributed by atoms with E-state index in [2.05, 4.69) is 9.97 Å². The zero-order valence-electron chi connectivity index (χ0n) is 13.0. The monoisotopic (exact) mass is 344 g/mol. The van der Waals surface area contributed by atoms with Gasteiger partial charge in [0.2, 0.25) is 23.7 Å². The fourth-order valence-electron chi connectivity index (χ4n) is 2.11. The van der Waals surface area contributed by atoms with E-state index in [9.17, 15) is 13.9 Å². The van der Waals surface area contributed by atoms with Gasteiger partial charge in [0.25, 0.3) is 0 Å². The van der Waals surface area contributed by atoms with Crippen LogP contribution in [0, 0.1) is 11.9 Å².